The first-order valence-corrected chi connectivity index (χ1v) is 7.59. The van der Waals surface area contributed by atoms with E-state index in [0.717, 1.165) is 24.2 Å². The Morgan fingerprint density at radius 1 is 1.27 bits per heavy atom. The summed E-state index contributed by atoms with van der Waals surface area (Å²) in [5.74, 6) is 0.189. The largest absolute Gasteiger partial charge is 0.316 e. The van der Waals surface area contributed by atoms with Crippen molar-refractivity contribution in [2.24, 2.45) is 0 Å². The second-order valence-electron chi connectivity index (χ2n) is 5.80. The quantitative estimate of drug-likeness (QED) is 0.947. The normalized spacial score (nSPS) is 14.1. The van der Waals surface area contributed by atoms with Crippen molar-refractivity contribution < 1.29 is 4.79 Å². The average Bonchev–Trinajstić information content (AvgIpc) is 2.53. The Morgan fingerprint density at radius 2 is 2.09 bits per heavy atom. The maximum atomic E-state index is 11.8. The number of fused-ring (bicyclic) bond motifs is 1. The van der Waals surface area contributed by atoms with Crippen molar-refractivity contribution in [1.82, 2.24) is 10.3 Å². The van der Waals surface area contributed by atoms with Crippen LogP contribution >= 0.6 is 0 Å². The molecule has 0 saturated carbocycles. The van der Waals surface area contributed by atoms with Gasteiger partial charge in [0.05, 0.1) is 0 Å². The number of benzene rings is 1. The zero-order chi connectivity index (χ0) is 15.7. The number of aromatic nitrogens is 1. The Bertz CT molecular complexity index is 724. The van der Waals surface area contributed by atoms with Gasteiger partial charge in [0.25, 0.3) is 0 Å². The highest BCUT2D eigenvalue weighted by molar-refractivity contribution is 5.96. The van der Waals surface area contributed by atoms with E-state index in [1.807, 2.05) is 32.6 Å². The summed E-state index contributed by atoms with van der Waals surface area (Å²) in [6, 6.07) is 6.33. The van der Waals surface area contributed by atoms with Gasteiger partial charge in [0.15, 0.2) is 0 Å². The van der Waals surface area contributed by atoms with Gasteiger partial charge in [0.1, 0.15) is 0 Å². The molecule has 2 heterocycles. The Morgan fingerprint density at radius 3 is 2.86 bits per heavy atom. The highest BCUT2D eigenvalue weighted by Crippen LogP contribution is 2.32. The molecule has 1 N–H and O–H groups in total. The van der Waals surface area contributed by atoms with E-state index in [1.54, 1.807) is 4.90 Å². The molecule has 114 valence electrons. The van der Waals surface area contributed by atoms with Gasteiger partial charge in [-0.05, 0) is 54.8 Å². The molecule has 0 aliphatic carbocycles. The second kappa shape index (κ2) is 5.89. The van der Waals surface area contributed by atoms with Gasteiger partial charge in [0, 0.05) is 43.7 Å². The van der Waals surface area contributed by atoms with Crippen LogP contribution in [0, 0.1) is 6.92 Å². The Kier molecular flexibility index (Phi) is 3.94. The molecule has 1 amide bonds. The summed E-state index contributed by atoms with van der Waals surface area (Å²) >= 11 is 0. The third-order valence-electron chi connectivity index (χ3n) is 4.42. The Balaban J connectivity index is 2.04. The zero-order valence-corrected chi connectivity index (χ0v) is 13.3. The molecule has 4 heteroatoms. The summed E-state index contributed by atoms with van der Waals surface area (Å²) in [6.45, 7) is 2.95. The maximum Gasteiger partial charge on any atom is 0.227 e. The van der Waals surface area contributed by atoms with Gasteiger partial charge in [0.2, 0.25) is 5.91 Å². The van der Waals surface area contributed by atoms with Crippen LogP contribution in [0.5, 0.6) is 0 Å². The smallest absolute Gasteiger partial charge is 0.227 e. The summed E-state index contributed by atoms with van der Waals surface area (Å²) in [7, 11) is 3.79. The summed E-state index contributed by atoms with van der Waals surface area (Å²) in [4.78, 5) is 17.9. The standard InChI is InChI=1S/C18H21N3O/c1-12-15(9-19-2)10-20-11-16(12)13-4-6-17-14(8-13)5-7-18(22)21(17)3/h4,6,8,10-11,19H,5,7,9H2,1-3H3. The summed E-state index contributed by atoms with van der Waals surface area (Å²) in [5, 5.41) is 3.18. The van der Waals surface area contributed by atoms with E-state index in [4.69, 9.17) is 0 Å². The molecule has 2 aromatic rings. The van der Waals surface area contributed by atoms with E-state index in [1.165, 1.54) is 22.3 Å². The number of nitrogens with zero attached hydrogens (tertiary/aromatic N) is 2. The average molecular weight is 295 g/mol. The number of anilines is 1. The third kappa shape index (κ3) is 2.50. The van der Waals surface area contributed by atoms with Crippen LogP contribution in [0.1, 0.15) is 23.1 Å². The van der Waals surface area contributed by atoms with Crippen LogP contribution < -0.4 is 10.2 Å². The summed E-state index contributed by atoms with van der Waals surface area (Å²) < 4.78 is 0. The minimum atomic E-state index is 0.189. The Hall–Kier alpha value is -2.20. The van der Waals surface area contributed by atoms with E-state index in [9.17, 15) is 4.79 Å². The Labute approximate surface area is 131 Å². The number of amides is 1. The fourth-order valence-corrected chi connectivity index (χ4v) is 3.05. The van der Waals surface area contributed by atoms with Crippen molar-refractivity contribution in [3.8, 4) is 11.1 Å². The molecule has 0 unspecified atom stereocenters. The third-order valence-corrected chi connectivity index (χ3v) is 4.42. The van der Waals surface area contributed by atoms with E-state index in [2.05, 4.69) is 29.4 Å². The molecule has 4 nitrogen and oxygen atoms in total. The van der Waals surface area contributed by atoms with Gasteiger partial charge < -0.3 is 10.2 Å². The highest BCUT2D eigenvalue weighted by atomic mass is 16.2. The van der Waals surface area contributed by atoms with Crippen LogP contribution in [-0.2, 0) is 17.8 Å². The molecule has 0 saturated heterocycles. The predicted octanol–water partition coefficient (Wildman–Crippen LogP) is 2.69. The lowest BCUT2D eigenvalue weighted by atomic mass is 9.94. The van der Waals surface area contributed by atoms with Crippen molar-refractivity contribution in [2.75, 3.05) is 19.0 Å². The van der Waals surface area contributed by atoms with Gasteiger partial charge >= 0.3 is 0 Å². The van der Waals surface area contributed by atoms with Gasteiger partial charge in [-0.2, -0.15) is 0 Å². The van der Waals surface area contributed by atoms with Crippen LogP contribution in [0.2, 0.25) is 0 Å². The molecular formula is C18H21N3O. The minimum absolute atomic E-state index is 0.189. The molecule has 0 bridgehead atoms. The number of hydrogen-bond acceptors (Lipinski definition) is 3. The van der Waals surface area contributed by atoms with Crippen molar-refractivity contribution in [1.29, 1.82) is 0 Å². The molecule has 22 heavy (non-hydrogen) atoms. The highest BCUT2D eigenvalue weighted by Gasteiger charge is 2.21. The molecule has 1 aliphatic rings. The van der Waals surface area contributed by atoms with Crippen LogP contribution in [-0.4, -0.2) is 25.0 Å². The lowest BCUT2D eigenvalue weighted by Crippen LogP contribution is -2.30. The molecule has 1 aromatic heterocycles. The van der Waals surface area contributed by atoms with E-state index >= 15 is 0 Å². The summed E-state index contributed by atoms with van der Waals surface area (Å²) in [5.41, 5.74) is 7.06. The fourth-order valence-electron chi connectivity index (χ4n) is 3.05. The number of hydrogen-bond donors (Lipinski definition) is 1. The fraction of sp³-hybridized carbons (Fsp3) is 0.333. The monoisotopic (exact) mass is 295 g/mol. The van der Waals surface area contributed by atoms with Crippen LogP contribution in [0.15, 0.2) is 30.6 Å². The zero-order valence-electron chi connectivity index (χ0n) is 13.3. The summed E-state index contributed by atoms with van der Waals surface area (Å²) in [6.07, 6.45) is 5.24. The lowest BCUT2D eigenvalue weighted by Gasteiger charge is -2.26. The molecule has 0 atom stereocenters. The molecule has 3 rings (SSSR count). The molecule has 0 radical (unpaired) electrons. The minimum Gasteiger partial charge on any atom is -0.316 e. The van der Waals surface area contributed by atoms with Crippen LogP contribution in [0.3, 0.4) is 0 Å². The first-order chi connectivity index (χ1) is 10.6. The topological polar surface area (TPSA) is 45.2 Å². The molecule has 0 spiro atoms. The predicted molar refractivity (Wildman–Crippen MR) is 88.9 cm³/mol. The van der Waals surface area contributed by atoms with Crippen molar-refractivity contribution in [2.45, 2.75) is 26.3 Å². The maximum absolute atomic E-state index is 11.8. The number of rotatable bonds is 3. The van der Waals surface area contributed by atoms with Crippen LogP contribution in [0.25, 0.3) is 11.1 Å². The molecule has 0 fully saturated rings. The lowest BCUT2D eigenvalue weighted by molar-refractivity contribution is -0.118. The first kappa shape index (κ1) is 14.7. The first-order valence-electron chi connectivity index (χ1n) is 7.59. The van der Waals surface area contributed by atoms with Crippen molar-refractivity contribution >= 4 is 11.6 Å². The van der Waals surface area contributed by atoms with E-state index in [0.29, 0.717) is 6.42 Å². The van der Waals surface area contributed by atoms with E-state index < -0.39 is 0 Å². The number of carbonyl (C=O) groups is 1. The van der Waals surface area contributed by atoms with Crippen molar-refractivity contribution in [3.05, 3.63) is 47.3 Å². The van der Waals surface area contributed by atoms with Gasteiger partial charge in [-0.15, -0.1) is 0 Å². The number of nitrogens with one attached hydrogen (secondary N) is 1. The second-order valence-corrected chi connectivity index (χ2v) is 5.80. The van der Waals surface area contributed by atoms with Gasteiger partial charge in [-0.3, -0.25) is 9.78 Å². The number of carbonyl (C=O) groups excluding carboxylic acids is 1. The van der Waals surface area contributed by atoms with E-state index in [-0.39, 0.29) is 5.91 Å². The SMILES string of the molecule is CNCc1cncc(-c2ccc3c(c2)CCC(=O)N3C)c1C. The van der Waals surface area contributed by atoms with Crippen molar-refractivity contribution in [3.63, 3.8) is 0 Å². The van der Waals surface area contributed by atoms with Gasteiger partial charge in [-0.25, -0.2) is 0 Å². The molecule has 1 aliphatic heterocycles. The van der Waals surface area contributed by atoms with Gasteiger partial charge in [-0.1, -0.05) is 6.07 Å². The molecule has 1 aromatic carbocycles. The molecular weight excluding hydrogens is 274 g/mol. The van der Waals surface area contributed by atoms with Crippen LogP contribution in [0.4, 0.5) is 5.69 Å². The number of pyridine rings is 1. The number of aryl methyl sites for hydroxylation is 1.